The molecule has 124 valence electrons. The van der Waals surface area contributed by atoms with Crippen LogP contribution in [-0.2, 0) is 20.0 Å². The second-order valence-electron chi connectivity index (χ2n) is 5.59. The normalized spacial score (nSPS) is 19.1. The molecule has 0 spiro atoms. The maximum atomic E-state index is 13.4. The van der Waals surface area contributed by atoms with Crippen molar-refractivity contribution in [2.45, 2.75) is 45.8 Å². The fourth-order valence-corrected chi connectivity index (χ4v) is 5.40. The largest absolute Gasteiger partial charge is 0.352 e. The average molecular weight is 325 g/mol. The molecule has 1 aromatic rings. The second-order valence-corrected chi connectivity index (χ2v) is 7.67. The van der Waals surface area contributed by atoms with Crippen LogP contribution in [-0.4, -0.2) is 31.2 Å². The minimum atomic E-state index is -3.20. The summed E-state index contributed by atoms with van der Waals surface area (Å²) >= 11 is 0. The lowest BCUT2D eigenvalue weighted by molar-refractivity contribution is 0.155. The summed E-state index contributed by atoms with van der Waals surface area (Å²) in [4.78, 5) is 2.29. The maximum absolute atomic E-state index is 13.4. The number of unbranched alkanes of at least 4 members (excludes halogenated alkanes) is 1. The van der Waals surface area contributed by atoms with E-state index in [4.69, 9.17) is 9.05 Å². The Hall–Kier alpha value is -0.670. The van der Waals surface area contributed by atoms with Crippen LogP contribution in [0.1, 0.15) is 50.5 Å². The van der Waals surface area contributed by atoms with E-state index in [1.54, 1.807) is 0 Å². The van der Waals surface area contributed by atoms with Gasteiger partial charge in [-0.25, -0.2) is 0 Å². The van der Waals surface area contributed by atoms with E-state index in [0.29, 0.717) is 13.2 Å². The minimum absolute atomic E-state index is 0.274. The highest BCUT2D eigenvalue weighted by Crippen LogP contribution is 2.63. The van der Waals surface area contributed by atoms with Crippen LogP contribution in [0, 0.1) is 0 Å². The maximum Gasteiger partial charge on any atom is 0.352 e. The van der Waals surface area contributed by atoms with Crippen LogP contribution in [0.2, 0.25) is 0 Å². The number of fused-ring (bicyclic) bond motifs is 1. The van der Waals surface area contributed by atoms with E-state index in [2.05, 4.69) is 24.0 Å². The molecule has 1 atom stereocenters. The second kappa shape index (κ2) is 8.26. The zero-order chi connectivity index (χ0) is 16.0. The Kier molecular flexibility index (Phi) is 6.64. The monoisotopic (exact) mass is 325 g/mol. The van der Waals surface area contributed by atoms with Crippen LogP contribution in [0.4, 0.5) is 0 Å². The smallest absolute Gasteiger partial charge is 0.308 e. The highest BCUT2D eigenvalue weighted by atomic mass is 31.2. The van der Waals surface area contributed by atoms with Gasteiger partial charge in [0.2, 0.25) is 0 Å². The molecule has 0 amide bonds. The van der Waals surface area contributed by atoms with E-state index in [-0.39, 0.29) is 5.78 Å². The van der Waals surface area contributed by atoms with Gasteiger partial charge in [-0.1, -0.05) is 37.6 Å². The van der Waals surface area contributed by atoms with Crippen molar-refractivity contribution in [1.29, 1.82) is 0 Å². The van der Waals surface area contributed by atoms with E-state index in [1.807, 2.05) is 26.0 Å². The molecule has 0 bridgehead atoms. The summed E-state index contributed by atoms with van der Waals surface area (Å²) in [5, 5.41) is 0. The van der Waals surface area contributed by atoms with Gasteiger partial charge in [-0.15, -0.1) is 0 Å². The number of benzene rings is 1. The Morgan fingerprint density at radius 2 is 1.86 bits per heavy atom. The minimum Gasteiger partial charge on any atom is -0.308 e. The van der Waals surface area contributed by atoms with Crippen LogP contribution in [0.5, 0.6) is 0 Å². The molecule has 0 saturated carbocycles. The Morgan fingerprint density at radius 3 is 2.50 bits per heavy atom. The van der Waals surface area contributed by atoms with Crippen molar-refractivity contribution in [2.75, 3.05) is 26.3 Å². The molecule has 0 N–H and O–H groups in total. The summed E-state index contributed by atoms with van der Waals surface area (Å²) in [5.74, 6) is -0.274. The lowest BCUT2D eigenvalue weighted by atomic mass is 9.99. The molecule has 5 heteroatoms. The van der Waals surface area contributed by atoms with Gasteiger partial charge in [0, 0.05) is 6.54 Å². The van der Waals surface area contributed by atoms with E-state index in [1.165, 1.54) is 5.56 Å². The summed E-state index contributed by atoms with van der Waals surface area (Å²) in [7, 11) is -3.20. The molecule has 1 unspecified atom stereocenters. The zero-order valence-electron chi connectivity index (χ0n) is 14.0. The lowest BCUT2D eigenvalue weighted by Gasteiger charge is -2.40. The number of rotatable bonds is 8. The lowest BCUT2D eigenvalue weighted by Crippen LogP contribution is -2.36. The first-order valence-corrected chi connectivity index (χ1v) is 9.98. The third-order valence-electron chi connectivity index (χ3n) is 4.06. The van der Waals surface area contributed by atoms with Crippen LogP contribution in [0.25, 0.3) is 0 Å². The van der Waals surface area contributed by atoms with Gasteiger partial charge >= 0.3 is 7.60 Å². The SMILES string of the molecule is CCCCN1CCc2ccccc2C1P(=O)(OCC)OCC. The first-order chi connectivity index (χ1) is 10.7. The highest BCUT2D eigenvalue weighted by molar-refractivity contribution is 7.54. The number of nitrogens with zero attached hydrogens (tertiary/aromatic N) is 1. The third kappa shape index (κ3) is 3.80. The molecule has 1 heterocycles. The predicted octanol–water partition coefficient (Wildman–Crippen LogP) is 4.61. The van der Waals surface area contributed by atoms with Crippen molar-refractivity contribution >= 4 is 7.60 Å². The van der Waals surface area contributed by atoms with Gasteiger partial charge in [-0.2, -0.15) is 0 Å². The quantitative estimate of drug-likeness (QED) is 0.654. The fraction of sp³-hybridized carbons (Fsp3) is 0.647. The van der Waals surface area contributed by atoms with Crippen molar-refractivity contribution in [3.8, 4) is 0 Å². The molecule has 22 heavy (non-hydrogen) atoms. The molecule has 0 aromatic heterocycles. The Balaban J connectivity index is 2.40. The van der Waals surface area contributed by atoms with Crippen molar-refractivity contribution in [3.05, 3.63) is 35.4 Å². The standard InChI is InChI=1S/C17H28NO3P/c1-4-7-13-18-14-12-15-10-8-9-11-16(15)17(18)22(19,20-5-2)21-6-3/h8-11,17H,4-7,12-14H2,1-3H3. The topological polar surface area (TPSA) is 38.8 Å². The van der Waals surface area contributed by atoms with Crippen LogP contribution < -0.4 is 0 Å². The third-order valence-corrected chi connectivity index (χ3v) is 6.50. The van der Waals surface area contributed by atoms with Gasteiger partial charge in [-0.05, 0) is 44.4 Å². The Bertz CT molecular complexity index is 510. The molecular formula is C17H28NO3P. The summed E-state index contributed by atoms with van der Waals surface area (Å²) in [6, 6.07) is 8.26. The van der Waals surface area contributed by atoms with Gasteiger partial charge < -0.3 is 9.05 Å². The zero-order valence-corrected chi connectivity index (χ0v) is 14.9. The van der Waals surface area contributed by atoms with Gasteiger partial charge in [0.25, 0.3) is 0 Å². The summed E-state index contributed by atoms with van der Waals surface area (Å²) in [5.41, 5.74) is 2.37. The van der Waals surface area contributed by atoms with E-state index >= 15 is 0 Å². The molecule has 0 radical (unpaired) electrons. The number of hydrogen-bond acceptors (Lipinski definition) is 4. The summed E-state index contributed by atoms with van der Waals surface area (Å²) < 4.78 is 24.8. The Morgan fingerprint density at radius 1 is 1.18 bits per heavy atom. The highest BCUT2D eigenvalue weighted by Gasteiger charge is 2.43. The Labute approximate surface area is 134 Å². The van der Waals surface area contributed by atoms with Crippen molar-refractivity contribution in [2.24, 2.45) is 0 Å². The fourth-order valence-electron chi connectivity index (χ4n) is 3.10. The molecule has 0 aliphatic carbocycles. The van der Waals surface area contributed by atoms with E-state index in [0.717, 1.165) is 37.9 Å². The van der Waals surface area contributed by atoms with Crippen molar-refractivity contribution in [3.63, 3.8) is 0 Å². The predicted molar refractivity (Wildman–Crippen MR) is 90.2 cm³/mol. The average Bonchev–Trinajstić information content (AvgIpc) is 2.52. The van der Waals surface area contributed by atoms with Gasteiger partial charge in [0.15, 0.2) is 0 Å². The molecule has 1 aromatic carbocycles. The molecule has 1 aliphatic heterocycles. The van der Waals surface area contributed by atoms with Crippen LogP contribution >= 0.6 is 7.60 Å². The van der Waals surface area contributed by atoms with Crippen molar-refractivity contribution in [1.82, 2.24) is 4.90 Å². The van der Waals surface area contributed by atoms with Gasteiger partial charge in [0.05, 0.1) is 13.2 Å². The van der Waals surface area contributed by atoms with E-state index in [9.17, 15) is 4.57 Å². The first kappa shape index (κ1) is 17.7. The van der Waals surface area contributed by atoms with Crippen LogP contribution in [0.3, 0.4) is 0 Å². The van der Waals surface area contributed by atoms with Crippen LogP contribution in [0.15, 0.2) is 24.3 Å². The molecular weight excluding hydrogens is 297 g/mol. The molecule has 4 nitrogen and oxygen atoms in total. The number of hydrogen-bond donors (Lipinski definition) is 0. The molecule has 0 fully saturated rings. The van der Waals surface area contributed by atoms with Gasteiger partial charge in [-0.3, -0.25) is 9.46 Å². The van der Waals surface area contributed by atoms with E-state index < -0.39 is 7.60 Å². The molecule has 2 rings (SSSR count). The molecule has 0 saturated heterocycles. The first-order valence-electron chi connectivity index (χ1n) is 8.36. The van der Waals surface area contributed by atoms with Gasteiger partial charge in [0.1, 0.15) is 5.78 Å². The van der Waals surface area contributed by atoms with Crippen molar-refractivity contribution < 1.29 is 13.6 Å². The summed E-state index contributed by atoms with van der Waals surface area (Å²) in [6.07, 6.45) is 3.21. The summed E-state index contributed by atoms with van der Waals surface area (Å²) in [6.45, 7) is 8.56. The molecule has 1 aliphatic rings.